The largest absolute Gasteiger partial charge is 0.465 e. The van der Waals surface area contributed by atoms with Crippen molar-refractivity contribution < 1.29 is 23.4 Å². The van der Waals surface area contributed by atoms with Crippen molar-refractivity contribution in [3.63, 3.8) is 0 Å². The molecule has 0 unspecified atom stereocenters. The molecule has 0 spiro atoms. The molecule has 0 radical (unpaired) electrons. The number of aliphatic hydroxyl groups excluding tert-OH is 1. The first-order chi connectivity index (χ1) is 15.5. The maximum absolute atomic E-state index is 12.9. The molecular weight excluding hydrogens is 442 g/mol. The number of hydrogen-bond donors (Lipinski definition) is 2. The van der Waals surface area contributed by atoms with Gasteiger partial charge in [0.05, 0.1) is 12.1 Å². The summed E-state index contributed by atoms with van der Waals surface area (Å²) >= 11 is 0. The average molecular weight is 478 g/mol. The van der Waals surface area contributed by atoms with Crippen molar-refractivity contribution in [2.75, 3.05) is 27.2 Å². The van der Waals surface area contributed by atoms with Gasteiger partial charge >= 0.3 is 6.09 Å². The van der Waals surface area contributed by atoms with E-state index in [1.54, 1.807) is 0 Å². The lowest BCUT2D eigenvalue weighted by atomic mass is 9.98. The third kappa shape index (κ3) is 7.82. The molecule has 182 valence electrons. The molecule has 8 nitrogen and oxygen atoms in total. The lowest BCUT2D eigenvalue weighted by Gasteiger charge is -2.36. The van der Waals surface area contributed by atoms with Crippen LogP contribution in [0.3, 0.4) is 0 Å². The Morgan fingerprint density at radius 2 is 1.42 bits per heavy atom. The standard InChI is InChI=1S/C24H35N3O5S/c1-19(2)16-26(33(31,32)25(3)4)18-23(28)22(15-20-11-7-5-8-12-20)27(24(29)30)17-21-13-9-6-10-14-21/h5-14,19,22-23,28H,15-18H2,1-4H3,(H,29,30)/t22-,23+/m0/s1. The number of carboxylic acid groups (broad SMARTS) is 1. The molecule has 2 aromatic rings. The van der Waals surface area contributed by atoms with Crippen LogP contribution in [0.5, 0.6) is 0 Å². The fraction of sp³-hybridized carbons (Fsp3) is 0.458. The van der Waals surface area contributed by atoms with Gasteiger partial charge in [-0.05, 0) is 23.5 Å². The molecule has 0 saturated heterocycles. The van der Waals surface area contributed by atoms with Crippen LogP contribution in [0.1, 0.15) is 25.0 Å². The molecular formula is C24H35N3O5S. The van der Waals surface area contributed by atoms with Gasteiger partial charge in [0, 0.05) is 33.7 Å². The quantitative estimate of drug-likeness (QED) is 0.490. The topological polar surface area (TPSA) is 101 Å². The summed E-state index contributed by atoms with van der Waals surface area (Å²) in [5.41, 5.74) is 1.64. The van der Waals surface area contributed by atoms with E-state index in [1.807, 2.05) is 74.5 Å². The molecule has 2 aromatic carbocycles. The molecule has 33 heavy (non-hydrogen) atoms. The summed E-state index contributed by atoms with van der Waals surface area (Å²) in [5.74, 6) is 0.0272. The Labute approximate surface area is 197 Å². The first-order valence-electron chi connectivity index (χ1n) is 11.0. The molecule has 9 heteroatoms. The maximum Gasteiger partial charge on any atom is 0.407 e. The van der Waals surface area contributed by atoms with Gasteiger partial charge in [0.2, 0.25) is 0 Å². The number of amides is 1. The second-order valence-corrected chi connectivity index (χ2v) is 10.9. The van der Waals surface area contributed by atoms with Crippen LogP contribution in [0.2, 0.25) is 0 Å². The predicted octanol–water partition coefficient (Wildman–Crippen LogP) is 2.90. The van der Waals surface area contributed by atoms with Gasteiger partial charge in [-0.2, -0.15) is 17.0 Å². The van der Waals surface area contributed by atoms with E-state index in [-0.39, 0.29) is 32.0 Å². The van der Waals surface area contributed by atoms with E-state index in [9.17, 15) is 23.4 Å². The monoisotopic (exact) mass is 477 g/mol. The van der Waals surface area contributed by atoms with Crippen molar-refractivity contribution in [3.05, 3.63) is 71.8 Å². The van der Waals surface area contributed by atoms with Gasteiger partial charge in [0.25, 0.3) is 10.2 Å². The summed E-state index contributed by atoms with van der Waals surface area (Å²) in [6.45, 7) is 3.86. The van der Waals surface area contributed by atoms with Crippen LogP contribution < -0.4 is 0 Å². The van der Waals surface area contributed by atoms with Gasteiger partial charge < -0.3 is 10.2 Å². The summed E-state index contributed by atoms with van der Waals surface area (Å²) in [4.78, 5) is 13.5. The number of benzene rings is 2. The molecule has 0 fully saturated rings. The Kier molecular flexibility index (Phi) is 9.85. The van der Waals surface area contributed by atoms with Gasteiger partial charge in [-0.3, -0.25) is 4.90 Å². The molecule has 0 aromatic heterocycles. The first kappa shape index (κ1) is 26.8. The Morgan fingerprint density at radius 3 is 1.88 bits per heavy atom. The Morgan fingerprint density at radius 1 is 0.909 bits per heavy atom. The van der Waals surface area contributed by atoms with Gasteiger partial charge in [0.1, 0.15) is 0 Å². The van der Waals surface area contributed by atoms with Crippen LogP contribution in [-0.4, -0.2) is 77.6 Å². The van der Waals surface area contributed by atoms with Crippen LogP contribution in [0, 0.1) is 5.92 Å². The van der Waals surface area contributed by atoms with Crippen LogP contribution in [0.25, 0.3) is 0 Å². The highest BCUT2D eigenvalue weighted by Gasteiger charge is 2.35. The fourth-order valence-corrected chi connectivity index (χ4v) is 4.94. The normalized spacial score (nSPS) is 13.9. The SMILES string of the molecule is CC(C)CN(C[C@@H](O)[C@H](Cc1ccccc1)N(Cc1ccccc1)C(=O)O)S(=O)(=O)N(C)C. The van der Waals surface area contributed by atoms with Crippen LogP contribution >= 0.6 is 0 Å². The van der Waals surface area contributed by atoms with E-state index in [0.717, 1.165) is 15.4 Å². The molecule has 2 N–H and O–H groups in total. The number of rotatable bonds is 12. The minimum Gasteiger partial charge on any atom is -0.465 e. The zero-order valence-electron chi connectivity index (χ0n) is 19.7. The minimum atomic E-state index is -3.80. The Balaban J connectivity index is 2.40. The average Bonchev–Trinajstić information content (AvgIpc) is 2.76. The highest BCUT2D eigenvalue weighted by Crippen LogP contribution is 2.19. The minimum absolute atomic E-state index is 0.0272. The van der Waals surface area contributed by atoms with Crippen LogP contribution in [0.15, 0.2) is 60.7 Å². The van der Waals surface area contributed by atoms with Crippen molar-refractivity contribution in [3.8, 4) is 0 Å². The fourth-order valence-electron chi connectivity index (χ4n) is 3.65. The highest BCUT2D eigenvalue weighted by molar-refractivity contribution is 7.86. The first-order valence-corrected chi connectivity index (χ1v) is 12.3. The number of hydrogen-bond acceptors (Lipinski definition) is 4. The van der Waals surface area contributed by atoms with Crippen molar-refractivity contribution in [2.24, 2.45) is 5.92 Å². The number of nitrogens with zero attached hydrogens (tertiary/aromatic N) is 3. The van der Waals surface area contributed by atoms with Crippen molar-refractivity contribution in [2.45, 2.75) is 39.0 Å². The molecule has 0 aliphatic carbocycles. The lowest BCUT2D eigenvalue weighted by Crippen LogP contribution is -2.53. The van der Waals surface area contributed by atoms with Gasteiger partial charge in [-0.25, -0.2) is 4.79 Å². The van der Waals surface area contributed by atoms with Gasteiger partial charge in [-0.15, -0.1) is 0 Å². The van der Waals surface area contributed by atoms with Crippen LogP contribution in [0.4, 0.5) is 4.79 Å². The van der Waals surface area contributed by atoms with E-state index in [4.69, 9.17) is 0 Å². The van der Waals surface area contributed by atoms with E-state index >= 15 is 0 Å². The molecule has 2 rings (SSSR count). The second kappa shape index (κ2) is 12.1. The molecule has 0 heterocycles. The van der Waals surface area contributed by atoms with Crippen LogP contribution in [-0.2, 0) is 23.2 Å². The second-order valence-electron chi connectivity index (χ2n) is 8.72. The summed E-state index contributed by atoms with van der Waals surface area (Å²) < 4.78 is 28.1. The zero-order chi connectivity index (χ0) is 24.6. The smallest absolute Gasteiger partial charge is 0.407 e. The van der Waals surface area contributed by atoms with Gasteiger partial charge in [0.15, 0.2) is 0 Å². The van der Waals surface area contributed by atoms with E-state index in [0.29, 0.717) is 0 Å². The predicted molar refractivity (Wildman–Crippen MR) is 129 cm³/mol. The van der Waals surface area contributed by atoms with Crippen molar-refractivity contribution in [1.29, 1.82) is 0 Å². The summed E-state index contributed by atoms with van der Waals surface area (Å²) in [6, 6.07) is 17.6. The Hall–Kier alpha value is -2.46. The lowest BCUT2D eigenvalue weighted by molar-refractivity contribution is 0.0331. The number of carbonyl (C=O) groups is 1. The van der Waals surface area contributed by atoms with E-state index < -0.39 is 28.4 Å². The maximum atomic E-state index is 12.9. The summed E-state index contributed by atoms with van der Waals surface area (Å²) in [7, 11) is -0.920. The highest BCUT2D eigenvalue weighted by atomic mass is 32.2. The molecule has 0 saturated carbocycles. The summed E-state index contributed by atoms with van der Waals surface area (Å²) in [5, 5.41) is 21.3. The molecule has 0 bridgehead atoms. The van der Waals surface area contributed by atoms with E-state index in [1.165, 1.54) is 23.3 Å². The third-order valence-corrected chi connectivity index (χ3v) is 7.19. The summed E-state index contributed by atoms with van der Waals surface area (Å²) in [6.07, 6.45) is -2.17. The van der Waals surface area contributed by atoms with E-state index in [2.05, 4.69) is 0 Å². The number of aliphatic hydroxyl groups is 1. The molecule has 1 amide bonds. The molecule has 2 atom stereocenters. The molecule has 0 aliphatic rings. The van der Waals surface area contributed by atoms with Crippen molar-refractivity contribution >= 4 is 16.3 Å². The Bertz CT molecular complexity index is 968. The van der Waals surface area contributed by atoms with Crippen molar-refractivity contribution in [1.82, 2.24) is 13.5 Å². The molecule has 0 aliphatic heterocycles. The van der Waals surface area contributed by atoms with Gasteiger partial charge in [-0.1, -0.05) is 74.5 Å². The third-order valence-electron chi connectivity index (χ3n) is 5.32. The zero-order valence-corrected chi connectivity index (χ0v) is 20.5.